The normalized spacial score (nSPS) is 14.8. The van der Waals surface area contributed by atoms with Gasteiger partial charge in [-0.25, -0.2) is 0 Å². The molecule has 0 spiro atoms. The van der Waals surface area contributed by atoms with Crippen molar-refractivity contribution in [1.82, 2.24) is 10.3 Å². The van der Waals surface area contributed by atoms with E-state index in [-0.39, 0.29) is 17.1 Å². The lowest BCUT2D eigenvalue weighted by Crippen LogP contribution is -2.34. The molecule has 1 aromatic rings. The van der Waals surface area contributed by atoms with Crippen molar-refractivity contribution in [3.8, 4) is 0 Å². The number of rotatable bonds is 4. The Hall–Kier alpha value is -1.30. The molecule has 19 heavy (non-hydrogen) atoms. The van der Waals surface area contributed by atoms with E-state index in [1.807, 2.05) is 0 Å². The second-order valence-electron chi connectivity index (χ2n) is 4.32. The van der Waals surface area contributed by atoms with Crippen LogP contribution >= 0.6 is 11.6 Å². The van der Waals surface area contributed by atoms with Gasteiger partial charge in [0.2, 0.25) is 0 Å². The zero-order chi connectivity index (χ0) is 14.6. The monoisotopic (exact) mass is 294 g/mol. The number of hydrogen-bond acceptors (Lipinski definition) is 2. The van der Waals surface area contributed by atoms with Gasteiger partial charge in [-0.15, -0.1) is 11.6 Å². The lowest BCUT2D eigenvalue weighted by molar-refractivity contribution is -0.137. The van der Waals surface area contributed by atoms with Crippen LogP contribution in [0.1, 0.15) is 36.3 Å². The lowest BCUT2D eigenvalue weighted by Gasteiger charge is -2.14. The molecule has 7 heteroatoms. The first kappa shape index (κ1) is 15.8. The van der Waals surface area contributed by atoms with E-state index in [1.54, 1.807) is 13.8 Å². The van der Waals surface area contributed by atoms with Crippen molar-refractivity contribution in [3.63, 3.8) is 0 Å². The fraction of sp³-hybridized carbons (Fsp3) is 0.500. The van der Waals surface area contributed by atoms with Crippen LogP contribution in [0.2, 0.25) is 0 Å². The van der Waals surface area contributed by atoms with Crippen molar-refractivity contribution >= 4 is 17.5 Å². The van der Waals surface area contributed by atoms with E-state index in [4.69, 9.17) is 11.6 Å². The van der Waals surface area contributed by atoms with E-state index in [0.717, 1.165) is 12.1 Å². The Morgan fingerprint density at radius 3 is 2.47 bits per heavy atom. The van der Waals surface area contributed by atoms with Gasteiger partial charge in [0.05, 0.1) is 5.56 Å². The van der Waals surface area contributed by atoms with Crippen LogP contribution in [-0.4, -0.2) is 22.3 Å². The number of hydrogen-bond donors (Lipinski definition) is 1. The van der Waals surface area contributed by atoms with Crippen molar-refractivity contribution in [2.24, 2.45) is 0 Å². The highest BCUT2D eigenvalue weighted by Crippen LogP contribution is 2.28. The van der Waals surface area contributed by atoms with E-state index >= 15 is 0 Å². The van der Waals surface area contributed by atoms with Gasteiger partial charge in [0.25, 0.3) is 5.91 Å². The van der Waals surface area contributed by atoms with Crippen molar-refractivity contribution in [2.45, 2.75) is 37.9 Å². The van der Waals surface area contributed by atoms with Crippen molar-refractivity contribution in [1.29, 1.82) is 0 Å². The molecule has 0 fully saturated rings. The minimum atomic E-state index is -4.46. The Labute approximate surface area is 114 Å². The average molecular weight is 295 g/mol. The highest BCUT2D eigenvalue weighted by Gasteiger charge is 2.30. The topological polar surface area (TPSA) is 42.0 Å². The Balaban J connectivity index is 2.68. The lowest BCUT2D eigenvalue weighted by atomic mass is 10.2. The molecule has 1 heterocycles. The van der Waals surface area contributed by atoms with Crippen LogP contribution in [0.15, 0.2) is 18.3 Å². The van der Waals surface area contributed by atoms with Gasteiger partial charge in [-0.3, -0.25) is 9.78 Å². The largest absolute Gasteiger partial charge is 0.417 e. The van der Waals surface area contributed by atoms with Crippen molar-refractivity contribution in [2.75, 3.05) is 0 Å². The number of carbonyl (C=O) groups is 1. The minimum Gasteiger partial charge on any atom is -0.348 e. The summed E-state index contributed by atoms with van der Waals surface area (Å²) < 4.78 is 37.0. The van der Waals surface area contributed by atoms with Gasteiger partial charge < -0.3 is 5.32 Å². The average Bonchev–Trinajstić information content (AvgIpc) is 2.26. The number of amides is 1. The fourth-order valence-corrected chi connectivity index (χ4v) is 1.81. The van der Waals surface area contributed by atoms with E-state index in [0.29, 0.717) is 12.6 Å². The molecule has 0 aliphatic rings. The summed E-state index contributed by atoms with van der Waals surface area (Å²) in [5, 5.41) is 2.52. The Morgan fingerprint density at radius 1 is 1.42 bits per heavy atom. The highest BCUT2D eigenvalue weighted by molar-refractivity contribution is 6.20. The molecule has 0 aliphatic heterocycles. The van der Waals surface area contributed by atoms with E-state index in [1.165, 1.54) is 0 Å². The molecule has 2 unspecified atom stereocenters. The molecule has 1 amide bonds. The summed E-state index contributed by atoms with van der Waals surface area (Å²) in [6.45, 7) is 3.56. The Bertz CT molecular complexity index is 432. The Morgan fingerprint density at radius 2 is 2.05 bits per heavy atom. The third-order valence-corrected chi connectivity index (χ3v) is 2.56. The predicted molar refractivity (Wildman–Crippen MR) is 66.1 cm³/mol. The Kier molecular flexibility index (Phi) is 5.17. The van der Waals surface area contributed by atoms with Crippen LogP contribution in [0, 0.1) is 0 Å². The van der Waals surface area contributed by atoms with E-state index < -0.39 is 17.6 Å². The van der Waals surface area contributed by atoms with Gasteiger partial charge in [0.15, 0.2) is 0 Å². The summed E-state index contributed by atoms with van der Waals surface area (Å²) in [4.78, 5) is 15.2. The number of carbonyl (C=O) groups excluding carboxylic acids is 1. The SMILES string of the molecule is CC(Cl)CC(C)NC(=O)c1ccc(C(F)(F)F)cn1. The van der Waals surface area contributed by atoms with Crippen LogP contribution in [-0.2, 0) is 6.18 Å². The summed E-state index contributed by atoms with van der Waals surface area (Å²) in [5.74, 6) is -0.515. The quantitative estimate of drug-likeness (QED) is 0.866. The molecule has 106 valence electrons. The number of halogens is 4. The zero-order valence-electron chi connectivity index (χ0n) is 10.5. The molecule has 3 nitrogen and oxygen atoms in total. The fourth-order valence-electron chi connectivity index (χ4n) is 1.54. The number of alkyl halides is 4. The molecule has 0 radical (unpaired) electrons. The molecule has 0 saturated heterocycles. The minimum absolute atomic E-state index is 0.0536. The van der Waals surface area contributed by atoms with Crippen molar-refractivity contribution < 1.29 is 18.0 Å². The molecule has 0 bridgehead atoms. The van der Waals surface area contributed by atoms with Crippen LogP contribution < -0.4 is 5.32 Å². The molecule has 0 aromatic carbocycles. The molecule has 0 saturated carbocycles. The molecular weight excluding hydrogens is 281 g/mol. The molecule has 2 atom stereocenters. The number of nitrogens with one attached hydrogen (secondary N) is 1. The maximum absolute atomic E-state index is 12.3. The number of aromatic nitrogens is 1. The second-order valence-corrected chi connectivity index (χ2v) is 5.07. The molecule has 1 N–H and O–H groups in total. The standard InChI is InChI=1S/C12H14ClF3N2O/c1-7(13)5-8(2)18-11(19)10-4-3-9(6-17-10)12(14,15)16/h3-4,6-8H,5H2,1-2H3,(H,18,19). The highest BCUT2D eigenvalue weighted by atomic mass is 35.5. The van der Waals surface area contributed by atoms with E-state index in [2.05, 4.69) is 10.3 Å². The summed E-state index contributed by atoms with van der Waals surface area (Å²) in [6, 6.07) is 1.70. The maximum Gasteiger partial charge on any atom is 0.417 e. The van der Waals surface area contributed by atoms with Crippen LogP contribution in [0.25, 0.3) is 0 Å². The van der Waals surface area contributed by atoms with Crippen LogP contribution in [0.4, 0.5) is 13.2 Å². The summed E-state index contributed by atoms with van der Waals surface area (Å²) >= 11 is 5.78. The zero-order valence-corrected chi connectivity index (χ0v) is 11.2. The van der Waals surface area contributed by atoms with Crippen LogP contribution in [0.3, 0.4) is 0 Å². The molecule has 1 aromatic heterocycles. The first-order valence-electron chi connectivity index (χ1n) is 5.68. The van der Waals surface area contributed by atoms with Gasteiger partial charge in [-0.1, -0.05) is 0 Å². The van der Waals surface area contributed by atoms with Gasteiger partial charge >= 0.3 is 6.18 Å². The maximum atomic E-state index is 12.3. The van der Waals surface area contributed by atoms with E-state index in [9.17, 15) is 18.0 Å². The van der Waals surface area contributed by atoms with Gasteiger partial charge in [0.1, 0.15) is 5.69 Å². The first-order valence-corrected chi connectivity index (χ1v) is 6.12. The molecule has 0 aliphatic carbocycles. The predicted octanol–water partition coefficient (Wildman–Crippen LogP) is 3.24. The van der Waals surface area contributed by atoms with Crippen molar-refractivity contribution in [3.05, 3.63) is 29.6 Å². The summed E-state index contributed by atoms with van der Waals surface area (Å²) in [5.41, 5.74) is -0.937. The summed E-state index contributed by atoms with van der Waals surface area (Å²) in [7, 11) is 0. The third-order valence-electron chi connectivity index (χ3n) is 2.38. The molecular formula is C12H14ClF3N2O. The summed E-state index contributed by atoms with van der Waals surface area (Å²) in [6.07, 6.45) is -3.25. The number of pyridine rings is 1. The number of nitrogens with zero attached hydrogens (tertiary/aromatic N) is 1. The second kappa shape index (κ2) is 6.23. The van der Waals surface area contributed by atoms with Gasteiger partial charge in [-0.05, 0) is 32.4 Å². The third kappa shape index (κ3) is 5.06. The smallest absolute Gasteiger partial charge is 0.348 e. The van der Waals surface area contributed by atoms with Crippen LogP contribution in [0.5, 0.6) is 0 Å². The van der Waals surface area contributed by atoms with Gasteiger partial charge in [-0.2, -0.15) is 13.2 Å². The molecule has 1 rings (SSSR count). The first-order chi connectivity index (χ1) is 8.70. The van der Waals surface area contributed by atoms with Gasteiger partial charge in [0, 0.05) is 17.6 Å².